The van der Waals surface area contributed by atoms with Crippen LogP contribution in [-0.2, 0) is 0 Å². The number of hydrogen-bond donors (Lipinski definition) is 0. The highest BCUT2D eigenvalue weighted by atomic mass is 79.9. The van der Waals surface area contributed by atoms with Crippen molar-refractivity contribution in [1.29, 1.82) is 0 Å². The second-order valence-corrected chi connectivity index (χ2v) is 7.84. The lowest BCUT2D eigenvalue weighted by Crippen LogP contribution is -2.02. The molecule has 0 saturated heterocycles. The molecule has 0 aliphatic heterocycles. The first-order chi connectivity index (χ1) is 11.6. The zero-order valence-electron chi connectivity index (χ0n) is 12.1. The first-order valence-corrected chi connectivity index (χ1v) is 9.52. The Morgan fingerprint density at radius 3 is 2.08 bits per heavy atom. The minimum absolute atomic E-state index is 0.337. The molecule has 4 rings (SSSR count). The van der Waals surface area contributed by atoms with Gasteiger partial charge in [0.15, 0.2) is 0 Å². The molecule has 0 fully saturated rings. The summed E-state index contributed by atoms with van der Waals surface area (Å²) in [7, 11) is 0. The number of rotatable bonds is 2. The van der Waals surface area contributed by atoms with E-state index in [4.69, 9.17) is 4.42 Å². The van der Waals surface area contributed by atoms with E-state index in [9.17, 15) is 4.79 Å². The monoisotopic (exact) mass is 461 g/mol. The van der Waals surface area contributed by atoms with Crippen molar-refractivity contribution in [2.75, 3.05) is 0 Å². The molecule has 2 heterocycles. The molecule has 0 aliphatic rings. The van der Waals surface area contributed by atoms with Crippen molar-refractivity contribution < 1.29 is 4.42 Å². The third-order valence-electron chi connectivity index (χ3n) is 3.61. The molecule has 0 aliphatic carbocycles. The maximum absolute atomic E-state index is 12.5. The lowest BCUT2D eigenvalue weighted by atomic mass is 10.1. The van der Waals surface area contributed by atoms with Crippen molar-refractivity contribution in [2.24, 2.45) is 0 Å². The highest BCUT2D eigenvalue weighted by Gasteiger charge is 2.15. The number of thiophene rings is 1. The molecule has 2 aromatic carbocycles. The molecule has 0 saturated carbocycles. The topological polar surface area (TPSA) is 43.1 Å². The van der Waals surface area contributed by atoms with Gasteiger partial charge < -0.3 is 4.42 Å². The number of hydrogen-bond acceptors (Lipinski definition) is 4. The van der Waals surface area contributed by atoms with E-state index in [-0.39, 0.29) is 5.63 Å². The van der Waals surface area contributed by atoms with Crippen LogP contribution >= 0.6 is 43.2 Å². The number of benzene rings is 2. The van der Waals surface area contributed by atoms with Gasteiger partial charge in [0.25, 0.3) is 0 Å². The van der Waals surface area contributed by atoms with E-state index in [2.05, 4.69) is 36.8 Å². The van der Waals surface area contributed by atoms with Gasteiger partial charge >= 0.3 is 5.63 Å². The molecular weight excluding hydrogens is 454 g/mol. The van der Waals surface area contributed by atoms with Crippen molar-refractivity contribution >= 4 is 53.4 Å². The first-order valence-electron chi connectivity index (χ1n) is 7.06. The van der Waals surface area contributed by atoms with E-state index in [1.165, 1.54) is 11.3 Å². The van der Waals surface area contributed by atoms with Crippen LogP contribution in [0.15, 0.2) is 72.1 Å². The Morgan fingerprint density at radius 1 is 0.875 bits per heavy atom. The fourth-order valence-corrected chi connectivity index (χ4v) is 3.90. The van der Waals surface area contributed by atoms with E-state index in [0.717, 1.165) is 25.6 Å². The second kappa shape index (κ2) is 6.27. The molecule has 6 heteroatoms. The van der Waals surface area contributed by atoms with Gasteiger partial charge in [0.2, 0.25) is 5.89 Å². The van der Waals surface area contributed by atoms with Gasteiger partial charge in [0, 0.05) is 25.5 Å². The summed E-state index contributed by atoms with van der Waals surface area (Å²) in [6.07, 6.45) is 0. The Morgan fingerprint density at radius 2 is 1.46 bits per heavy atom. The minimum Gasteiger partial charge on any atom is -0.403 e. The molecule has 3 nitrogen and oxygen atoms in total. The molecule has 0 radical (unpaired) electrons. The number of nitrogens with zero attached hydrogens (tertiary/aromatic N) is 1. The normalized spacial score (nSPS) is 11.1. The summed E-state index contributed by atoms with van der Waals surface area (Å²) in [6, 6.07) is 15.3. The Hall–Kier alpha value is -1.76. The molecule has 0 N–H and O–H groups in total. The Kier molecular flexibility index (Phi) is 4.12. The fourth-order valence-electron chi connectivity index (χ4n) is 2.44. The quantitative estimate of drug-likeness (QED) is 0.361. The van der Waals surface area contributed by atoms with Crippen LogP contribution < -0.4 is 5.63 Å². The third kappa shape index (κ3) is 2.85. The van der Waals surface area contributed by atoms with Gasteiger partial charge in [-0.2, -0.15) is 0 Å². The summed E-state index contributed by atoms with van der Waals surface area (Å²) < 4.78 is 7.43. The maximum Gasteiger partial charge on any atom is 0.348 e. The van der Waals surface area contributed by atoms with E-state index >= 15 is 0 Å². The van der Waals surface area contributed by atoms with Crippen molar-refractivity contribution in [3.8, 4) is 22.6 Å². The van der Waals surface area contributed by atoms with Gasteiger partial charge in [-0.15, -0.1) is 11.3 Å². The van der Waals surface area contributed by atoms with Gasteiger partial charge in [-0.25, -0.2) is 9.78 Å². The Balaban J connectivity index is 1.88. The summed E-state index contributed by atoms with van der Waals surface area (Å²) in [4.78, 5) is 17.8. The highest BCUT2D eigenvalue weighted by Crippen LogP contribution is 2.33. The predicted molar refractivity (Wildman–Crippen MR) is 104 cm³/mol. The van der Waals surface area contributed by atoms with Crippen LogP contribution in [0.3, 0.4) is 0 Å². The molecule has 0 unspecified atom stereocenters. The van der Waals surface area contributed by atoms with Crippen molar-refractivity contribution in [2.45, 2.75) is 0 Å². The van der Waals surface area contributed by atoms with E-state index in [1.54, 1.807) is 0 Å². The van der Waals surface area contributed by atoms with Gasteiger partial charge in [-0.1, -0.05) is 44.0 Å². The second-order valence-electron chi connectivity index (χ2n) is 5.15. The van der Waals surface area contributed by atoms with Crippen LogP contribution in [0.2, 0.25) is 0 Å². The molecule has 2 aromatic heterocycles. The van der Waals surface area contributed by atoms with E-state index in [0.29, 0.717) is 16.1 Å². The summed E-state index contributed by atoms with van der Waals surface area (Å²) in [5.74, 6) is 0.337. The maximum atomic E-state index is 12.5. The third-order valence-corrected chi connectivity index (χ3v) is 5.54. The first kappa shape index (κ1) is 15.7. The molecule has 0 atom stereocenters. The number of aromatic nitrogens is 1. The largest absolute Gasteiger partial charge is 0.403 e. The van der Waals surface area contributed by atoms with Crippen molar-refractivity contribution in [3.05, 3.63) is 73.3 Å². The SMILES string of the molecule is O=c1oc(-c2ccc(Br)cc2)nc2scc(-c3ccc(Br)cc3)c12. The summed E-state index contributed by atoms with van der Waals surface area (Å²) >= 11 is 8.26. The zero-order valence-corrected chi connectivity index (χ0v) is 16.1. The van der Waals surface area contributed by atoms with Gasteiger partial charge in [0.05, 0.1) is 0 Å². The van der Waals surface area contributed by atoms with E-state index < -0.39 is 0 Å². The highest BCUT2D eigenvalue weighted by molar-refractivity contribution is 9.10. The van der Waals surface area contributed by atoms with Gasteiger partial charge in [0.1, 0.15) is 10.2 Å². The molecule has 24 heavy (non-hydrogen) atoms. The van der Waals surface area contributed by atoms with Gasteiger partial charge in [-0.3, -0.25) is 0 Å². The smallest absolute Gasteiger partial charge is 0.348 e. The Labute approximate surface area is 158 Å². The lowest BCUT2D eigenvalue weighted by Gasteiger charge is -2.02. The molecule has 0 spiro atoms. The summed E-state index contributed by atoms with van der Waals surface area (Å²) in [5.41, 5.74) is 2.23. The van der Waals surface area contributed by atoms with Crippen LogP contribution in [0.4, 0.5) is 0 Å². The molecule has 118 valence electrons. The van der Waals surface area contributed by atoms with E-state index in [1.807, 2.05) is 53.9 Å². The molecule has 0 bridgehead atoms. The summed E-state index contributed by atoms with van der Waals surface area (Å²) in [5, 5.41) is 2.48. The van der Waals surface area contributed by atoms with Crippen LogP contribution in [0.25, 0.3) is 32.8 Å². The zero-order chi connectivity index (χ0) is 16.7. The standard InChI is InChI=1S/C18H9Br2NO2S/c19-12-5-1-10(2-6-12)14-9-24-17-15(14)18(22)23-16(21-17)11-3-7-13(20)8-4-11/h1-9H. The van der Waals surface area contributed by atoms with Crippen LogP contribution in [0, 0.1) is 0 Å². The van der Waals surface area contributed by atoms with Crippen molar-refractivity contribution in [3.63, 3.8) is 0 Å². The molecule has 0 amide bonds. The van der Waals surface area contributed by atoms with Gasteiger partial charge in [-0.05, 0) is 42.0 Å². The number of halogens is 2. The summed E-state index contributed by atoms with van der Waals surface area (Å²) in [6.45, 7) is 0. The lowest BCUT2D eigenvalue weighted by molar-refractivity contribution is 0.519. The average Bonchev–Trinajstić information content (AvgIpc) is 3.01. The van der Waals surface area contributed by atoms with Crippen LogP contribution in [-0.4, -0.2) is 4.98 Å². The predicted octanol–water partition coefficient (Wildman–Crippen LogP) is 6.11. The molecular formula is C18H9Br2NO2S. The Bertz CT molecular complexity index is 1080. The van der Waals surface area contributed by atoms with Crippen LogP contribution in [0.5, 0.6) is 0 Å². The van der Waals surface area contributed by atoms with Crippen LogP contribution in [0.1, 0.15) is 0 Å². The minimum atomic E-state index is -0.364. The number of fused-ring (bicyclic) bond motifs is 1. The average molecular weight is 463 g/mol. The van der Waals surface area contributed by atoms with Crippen molar-refractivity contribution in [1.82, 2.24) is 4.98 Å². The fraction of sp³-hybridized carbons (Fsp3) is 0. The molecule has 4 aromatic rings.